The Hall–Kier alpha value is -3.48. The van der Waals surface area contributed by atoms with Crippen LogP contribution in [0.1, 0.15) is 5.56 Å². The van der Waals surface area contributed by atoms with Gasteiger partial charge in [0.15, 0.2) is 11.5 Å². The quantitative estimate of drug-likeness (QED) is 0.0842. The SMILES string of the molecule is COc1cc(/C=C(/C#N)C(=O)Nc2ccc(I)cc2)cc(Br)c1OS(=O)(=O)c1ccc([N+](=O)[O-])cc1. The third kappa shape index (κ3) is 6.59. The number of nitriles is 1. The van der Waals surface area contributed by atoms with Gasteiger partial charge in [0.05, 0.1) is 16.5 Å². The minimum Gasteiger partial charge on any atom is -0.493 e. The first kappa shape index (κ1) is 27.1. The smallest absolute Gasteiger partial charge is 0.339 e. The van der Waals surface area contributed by atoms with Gasteiger partial charge in [0, 0.05) is 21.4 Å². The molecule has 0 aliphatic carbocycles. The Morgan fingerprint density at radius 1 is 1.17 bits per heavy atom. The van der Waals surface area contributed by atoms with E-state index in [-0.39, 0.29) is 32.1 Å². The number of hydrogen-bond acceptors (Lipinski definition) is 8. The molecule has 0 aliphatic heterocycles. The summed E-state index contributed by atoms with van der Waals surface area (Å²) in [5, 5.41) is 22.9. The van der Waals surface area contributed by atoms with Gasteiger partial charge in [-0.05, 0) is 98.7 Å². The lowest BCUT2D eigenvalue weighted by Gasteiger charge is -2.13. The molecule has 3 aromatic rings. The number of nitro groups is 1. The molecule has 3 aromatic carbocycles. The fourth-order valence-corrected chi connectivity index (χ4v) is 4.81. The average Bonchev–Trinajstić information content (AvgIpc) is 2.85. The normalized spacial score (nSPS) is 11.3. The molecule has 0 heterocycles. The molecule has 0 aromatic heterocycles. The molecule has 0 bridgehead atoms. The van der Waals surface area contributed by atoms with Crippen molar-refractivity contribution in [2.75, 3.05) is 12.4 Å². The number of hydrogen-bond donors (Lipinski definition) is 1. The van der Waals surface area contributed by atoms with Crippen LogP contribution in [-0.4, -0.2) is 26.4 Å². The molecule has 13 heteroatoms. The molecule has 0 spiro atoms. The number of benzene rings is 3. The lowest BCUT2D eigenvalue weighted by atomic mass is 10.1. The van der Waals surface area contributed by atoms with Crippen LogP contribution in [0.5, 0.6) is 11.5 Å². The summed E-state index contributed by atoms with van der Waals surface area (Å²) < 4.78 is 37.1. The van der Waals surface area contributed by atoms with Gasteiger partial charge in [-0.3, -0.25) is 14.9 Å². The maximum Gasteiger partial charge on any atom is 0.339 e. The van der Waals surface area contributed by atoms with Gasteiger partial charge in [-0.1, -0.05) is 0 Å². The molecule has 36 heavy (non-hydrogen) atoms. The summed E-state index contributed by atoms with van der Waals surface area (Å²) in [5.74, 6) is -0.818. The molecule has 0 saturated heterocycles. The second-order valence-corrected chi connectivity index (χ2v) is 10.6. The Kier molecular flexibility index (Phi) is 8.66. The van der Waals surface area contributed by atoms with Crippen molar-refractivity contribution in [2.24, 2.45) is 0 Å². The summed E-state index contributed by atoms with van der Waals surface area (Å²) in [6.45, 7) is 0. The predicted octanol–water partition coefficient (Wildman–Crippen LogP) is 5.28. The van der Waals surface area contributed by atoms with Gasteiger partial charge in [-0.2, -0.15) is 13.7 Å². The van der Waals surface area contributed by atoms with Gasteiger partial charge in [-0.25, -0.2) is 0 Å². The fraction of sp³-hybridized carbons (Fsp3) is 0.0435. The highest BCUT2D eigenvalue weighted by atomic mass is 127. The molecule has 0 atom stereocenters. The summed E-state index contributed by atoms with van der Waals surface area (Å²) in [7, 11) is -3.08. The molecule has 0 saturated carbocycles. The van der Waals surface area contributed by atoms with E-state index >= 15 is 0 Å². The van der Waals surface area contributed by atoms with Crippen LogP contribution < -0.4 is 14.2 Å². The Morgan fingerprint density at radius 2 is 1.81 bits per heavy atom. The van der Waals surface area contributed by atoms with Crippen LogP contribution in [0.4, 0.5) is 11.4 Å². The number of carbonyl (C=O) groups is 1. The zero-order valence-electron chi connectivity index (χ0n) is 18.3. The highest BCUT2D eigenvalue weighted by molar-refractivity contribution is 14.1. The average molecular weight is 684 g/mol. The lowest BCUT2D eigenvalue weighted by Crippen LogP contribution is -2.13. The van der Waals surface area contributed by atoms with Crippen LogP contribution in [-0.2, 0) is 14.9 Å². The summed E-state index contributed by atoms with van der Waals surface area (Å²) in [6.07, 6.45) is 1.31. The third-order valence-corrected chi connectivity index (χ3v) is 7.10. The van der Waals surface area contributed by atoms with Crippen molar-refractivity contribution < 1.29 is 27.1 Å². The van der Waals surface area contributed by atoms with Crippen LogP contribution in [0, 0.1) is 25.0 Å². The maximum absolute atomic E-state index is 12.7. The van der Waals surface area contributed by atoms with Gasteiger partial charge in [0.25, 0.3) is 11.6 Å². The number of rotatable bonds is 8. The van der Waals surface area contributed by atoms with Crippen LogP contribution >= 0.6 is 38.5 Å². The molecule has 184 valence electrons. The van der Waals surface area contributed by atoms with Crippen LogP contribution in [0.15, 0.2) is 75.6 Å². The number of non-ortho nitro benzene ring substituents is 1. The first-order chi connectivity index (χ1) is 17.0. The van der Waals surface area contributed by atoms with Crippen LogP contribution in [0.2, 0.25) is 0 Å². The van der Waals surface area contributed by atoms with Gasteiger partial charge in [0.2, 0.25) is 0 Å². The highest BCUT2D eigenvalue weighted by Crippen LogP contribution is 2.39. The standard InChI is InChI=1S/C23H15BrIN3O7S/c1-34-21-12-14(10-15(13-26)23(29)27-17-4-2-16(25)3-5-17)11-20(24)22(21)35-36(32,33)19-8-6-18(7-9-19)28(30)31/h2-12H,1H3,(H,27,29)/b15-10-. The monoisotopic (exact) mass is 683 g/mol. The van der Waals surface area contributed by atoms with E-state index in [0.29, 0.717) is 11.3 Å². The van der Waals surface area contributed by atoms with Gasteiger partial charge >= 0.3 is 10.1 Å². The van der Waals surface area contributed by atoms with E-state index in [0.717, 1.165) is 27.8 Å². The van der Waals surface area contributed by atoms with E-state index < -0.39 is 20.9 Å². The van der Waals surface area contributed by atoms with E-state index in [1.165, 1.54) is 25.3 Å². The van der Waals surface area contributed by atoms with Gasteiger partial charge < -0.3 is 14.2 Å². The van der Waals surface area contributed by atoms with Crippen molar-refractivity contribution >= 4 is 72.0 Å². The van der Waals surface area contributed by atoms with Crippen LogP contribution in [0.25, 0.3) is 6.08 Å². The van der Waals surface area contributed by atoms with Crippen molar-refractivity contribution in [1.29, 1.82) is 5.26 Å². The van der Waals surface area contributed by atoms with Gasteiger partial charge in [-0.15, -0.1) is 0 Å². The second-order valence-electron chi connectivity index (χ2n) is 6.95. The molecule has 3 rings (SSSR count). The Balaban J connectivity index is 1.89. The summed E-state index contributed by atoms with van der Waals surface area (Å²) in [6, 6.07) is 15.9. The first-order valence-corrected chi connectivity index (χ1v) is 13.1. The van der Waals surface area contributed by atoms with Gasteiger partial charge in [0.1, 0.15) is 16.5 Å². The number of methoxy groups -OCH3 is 1. The summed E-state index contributed by atoms with van der Waals surface area (Å²) in [4.78, 5) is 22.4. The van der Waals surface area contributed by atoms with E-state index in [2.05, 4.69) is 43.8 Å². The molecule has 0 fully saturated rings. The number of anilines is 1. The van der Waals surface area contributed by atoms with Crippen molar-refractivity contribution in [1.82, 2.24) is 0 Å². The highest BCUT2D eigenvalue weighted by Gasteiger charge is 2.23. The summed E-state index contributed by atoms with van der Waals surface area (Å²) in [5.41, 5.74) is 0.395. The van der Waals surface area contributed by atoms with Crippen molar-refractivity contribution in [3.05, 3.63) is 90.0 Å². The number of amides is 1. The third-order valence-electron chi connectivity index (χ3n) is 4.56. The predicted molar refractivity (Wildman–Crippen MR) is 143 cm³/mol. The number of nitrogens with zero attached hydrogens (tertiary/aromatic N) is 2. The Bertz CT molecular complexity index is 1500. The van der Waals surface area contributed by atoms with Crippen molar-refractivity contribution in [2.45, 2.75) is 4.90 Å². The zero-order chi connectivity index (χ0) is 26.5. The molecule has 0 radical (unpaired) electrons. The van der Waals surface area contributed by atoms with E-state index in [4.69, 9.17) is 8.92 Å². The molecule has 1 amide bonds. The number of carbonyl (C=O) groups excluding carboxylic acids is 1. The van der Waals surface area contributed by atoms with E-state index in [9.17, 15) is 28.6 Å². The molecule has 0 aliphatic rings. The Labute approximate surface area is 228 Å². The minimum absolute atomic E-state index is 0.00329. The first-order valence-electron chi connectivity index (χ1n) is 9.79. The van der Waals surface area contributed by atoms with E-state index in [1.54, 1.807) is 24.3 Å². The van der Waals surface area contributed by atoms with Crippen molar-refractivity contribution in [3.63, 3.8) is 0 Å². The zero-order valence-corrected chi connectivity index (χ0v) is 22.8. The molecule has 10 nitrogen and oxygen atoms in total. The maximum atomic E-state index is 12.7. The molecule has 1 N–H and O–H groups in total. The molecular weight excluding hydrogens is 669 g/mol. The minimum atomic E-state index is -4.37. The number of nitro benzene ring substituents is 1. The van der Waals surface area contributed by atoms with Crippen LogP contribution in [0.3, 0.4) is 0 Å². The number of halogens is 2. The lowest BCUT2D eigenvalue weighted by molar-refractivity contribution is -0.384. The molecule has 0 unspecified atom stereocenters. The van der Waals surface area contributed by atoms with E-state index in [1.807, 2.05) is 6.07 Å². The largest absolute Gasteiger partial charge is 0.493 e. The number of nitrogens with one attached hydrogen (secondary N) is 1. The molecular formula is C23H15BrIN3O7S. The summed E-state index contributed by atoms with van der Waals surface area (Å²) >= 11 is 5.36. The number of ether oxygens (including phenoxy) is 1. The van der Waals surface area contributed by atoms with Crippen molar-refractivity contribution in [3.8, 4) is 17.6 Å². The fourth-order valence-electron chi connectivity index (χ4n) is 2.84. The second kappa shape index (κ2) is 11.5. The topological polar surface area (TPSA) is 149 Å². The Morgan fingerprint density at radius 3 is 2.36 bits per heavy atom.